The van der Waals surface area contributed by atoms with Crippen molar-refractivity contribution >= 4 is 5.91 Å². The van der Waals surface area contributed by atoms with Gasteiger partial charge in [-0.25, -0.2) is 0 Å². The molecule has 0 aromatic carbocycles. The Balaban J connectivity index is 1.70. The van der Waals surface area contributed by atoms with Crippen LogP contribution in [0, 0.1) is 0 Å². The van der Waals surface area contributed by atoms with Gasteiger partial charge in [0.2, 0.25) is 0 Å². The topological polar surface area (TPSA) is 71.5 Å². The molecule has 5 heteroatoms. The smallest absolute Gasteiger partial charge is 0.255 e. The normalized spacial score (nSPS) is 15.8. The third-order valence-electron chi connectivity index (χ3n) is 3.09. The van der Waals surface area contributed by atoms with E-state index in [4.69, 9.17) is 4.74 Å². The number of aromatic hydroxyl groups is 1. The van der Waals surface area contributed by atoms with Crippen molar-refractivity contribution in [1.82, 2.24) is 10.3 Å². The molecule has 1 aliphatic carbocycles. The number of rotatable bonds is 5. The van der Waals surface area contributed by atoms with Gasteiger partial charge in [-0.2, -0.15) is 0 Å². The van der Waals surface area contributed by atoms with Gasteiger partial charge in [0.05, 0.1) is 24.5 Å². The first-order chi connectivity index (χ1) is 8.77. The van der Waals surface area contributed by atoms with E-state index in [1.165, 1.54) is 31.3 Å². The Hall–Kier alpha value is -1.62. The summed E-state index contributed by atoms with van der Waals surface area (Å²) in [5, 5.41) is 12.2. The quantitative estimate of drug-likeness (QED) is 0.776. The van der Waals surface area contributed by atoms with Crippen LogP contribution in [-0.4, -0.2) is 35.3 Å². The van der Waals surface area contributed by atoms with Crippen molar-refractivity contribution < 1.29 is 14.6 Å². The van der Waals surface area contributed by atoms with Gasteiger partial charge in [0, 0.05) is 12.7 Å². The number of carbonyl (C=O) groups excluding carboxylic acids is 1. The molecule has 0 radical (unpaired) electrons. The Kier molecular flexibility index (Phi) is 4.52. The molecule has 1 heterocycles. The monoisotopic (exact) mass is 250 g/mol. The van der Waals surface area contributed by atoms with Crippen molar-refractivity contribution in [2.45, 2.75) is 31.8 Å². The highest BCUT2D eigenvalue weighted by molar-refractivity contribution is 5.96. The number of hydrogen-bond donors (Lipinski definition) is 2. The third-order valence-corrected chi connectivity index (χ3v) is 3.09. The van der Waals surface area contributed by atoms with E-state index >= 15 is 0 Å². The molecule has 0 bridgehead atoms. The van der Waals surface area contributed by atoms with Crippen LogP contribution >= 0.6 is 0 Å². The van der Waals surface area contributed by atoms with Crippen molar-refractivity contribution in [1.29, 1.82) is 0 Å². The number of aromatic nitrogens is 1. The maximum atomic E-state index is 11.7. The van der Waals surface area contributed by atoms with Crippen LogP contribution in [0.5, 0.6) is 5.75 Å². The molecule has 18 heavy (non-hydrogen) atoms. The maximum Gasteiger partial charge on any atom is 0.255 e. The second-order valence-corrected chi connectivity index (χ2v) is 4.43. The van der Waals surface area contributed by atoms with Crippen molar-refractivity contribution in [2.75, 3.05) is 13.2 Å². The average Bonchev–Trinajstić information content (AvgIpc) is 2.88. The van der Waals surface area contributed by atoms with Crippen LogP contribution < -0.4 is 5.32 Å². The minimum absolute atomic E-state index is 0.105. The Labute approximate surface area is 106 Å². The van der Waals surface area contributed by atoms with Gasteiger partial charge in [-0.05, 0) is 18.9 Å². The highest BCUT2D eigenvalue weighted by Crippen LogP contribution is 2.20. The lowest BCUT2D eigenvalue weighted by atomic mass is 10.2. The molecule has 1 saturated carbocycles. The number of pyridine rings is 1. The van der Waals surface area contributed by atoms with Crippen molar-refractivity contribution in [2.24, 2.45) is 0 Å². The van der Waals surface area contributed by atoms with Gasteiger partial charge >= 0.3 is 0 Å². The first kappa shape index (κ1) is 12.8. The molecular formula is C13H18N2O3. The molecule has 2 rings (SSSR count). The number of nitrogens with one attached hydrogen (secondary N) is 1. The van der Waals surface area contributed by atoms with Crippen LogP contribution in [0.3, 0.4) is 0 Å². The summed E-state index contributed by atoms with van der Waals surface area (Å²) in [6, 6.07) is 1.49. The zero-order chi connectivity index (χ0) is 12.8. The summed E-state index contributed by atoms with van der Waals surface area (Å²) in [6.45, 7) is 0.972. The maximum absolute atomic E-state index is 11.7. The number of hydrogen-bond acceptors (Lipinski definition) is 4. The predicted octanol–water partition coefficient (Wildman–Crippen LogP) is 1.48. The first-order valence-electron chi connectivity index (χ1n) is 6.30. The Morgan fingerprint density at radius 2 is 2.28 bits per heavy atom. The molecule has 98 valence electrons. The number of ether oxygens (including phenoxy) is 1. The number of nitrogens with zero attached hydrogens (tertiary/aromatic N) is 1. The van der Waals surface area contributed by atoms with E-state index < -0.39 is 0 Å². The summed E-state index contributed by atoms with van der Waals surface area (Å²) in [5.41, 5.74) is 0.242. The van der Waals surface area contributed by atoms with Crippen LogP contribution in [0.25, 0.3) is 0 Å². The van der Waals surface area contributed by atoms with Gasteiger partial charge in [0.15, 0.2) is 0 Å². The second kappa shape index (κ2) is 6.35. The standard InChI is InChI=1S/C13H18N2O3/c16-12-9-14-6-5-11(12)13(17)15-7-8-18-10-3-1-2-4-10/h5-6,9-10,16H,1-4,7-8H2,(H,15,17). The van der Waals surface area contributed by atoms with Gasteiger partial charge in [0.25, 0.3) is 5.91 Å². The van der Waals surface area contributed by atoms with Gasteiger partial charge in [-0.15, -0.1) is 0 Å². The van der Waals surface area contributed by atoms with Crippen molar-refractivity contribution in [3.63, 3.8) is 0 Å². The minimum atomic E-state index is -0.301. The highest BCUT2D eigenvalue weighted by atomic mass is 16.5. The lowest BCUT2D eigenvalue weighted by Gasteiger charge is -2.11. The molecule has 1 amide bonds. The zero-order valence-electron chi connectivity index (χ0n) is 10.3. The summed E-state index contributed by atoms with van der Waals surface area (Å²) < 4.78 is 5.63. The van der Waals surface area contributed by atoms with Gasteiger partial charge in [-0.1, -0.05) is 12.8 Å². The molecule has 5 nitrogen and oxygen atoms in total. The van der Waals surface area contributed by atoms with Crippen LogP contribution in [0.4, 0.5) is 0 Å². The van der Waals surface area contributed by atoms with Crippen molar-refractivity contribution in [3.05, 3.63) is 24.0 Å². The second-order valence-electron chi connectivity index (χ2n) is 4.43. The lowest BCUT2D eigenvalue weighted by molar-refractivity contribution is 0.0581. The fourth-order valence-corrected chi connectivity index (χ4v) is 2.12. The van der Waals surface area contributed by atoms with E-state index in [1.54, 1.807) is 0 Å². The summed E-state index contributed by atoms with van der Waals surface area (Å²) >= 11 is 0. The van der Waals surface area contributed by atoms with Gasteiger partial charge < -0.3 is 15.2 Å². The molecule has 1 aromatic heterocycles. The molecule has 1 aliphatic rings. The Morgan fingerprint density at radius 1 is 1.50 bits per heavy atom. The molecule has 0 unspecified atom stereocenters. The van der Waals surface area contributed by atoms with Gasteiger partial charge in [-0.3, -0.25) is 9.78 Å². The SMILES string of the molecule is O=C(NCCOC1CCCC1)c1ccncc1O. The molecule has 0 spiro atoms. The summed E-state index contributed by atoms with van der Waals surface area (Å²) in [7, 11) is 0. The Morgan fingerprint density at radius 3 is 3.00 bits per heavy atom. The molecule has 1 aromatic rings. The lowest BCUT2D eigenvalue weighted by Crippen LogP contribution is -2.28. The molecule has 0 saturated heterocycles. The Bertz CT molecular complexity index is 403. The fourth-order valence-electron chi connectivity index (χ4n) is 2.12. The summed E-state index contributed by atoms with van der Waals surface area (Å²) in [5.74, 6) is -0.406. The number of amides is 1. The highest BCUT2D eigenvalue weighted by Gasteiger charge is 2.15. The summed E-state index contributed by atoms with van der Waals surface area (Å²) in [6.07, 6.45) is 7.81. The largest absolute Gasteiger partial charge is 0.505 e. The number of carbonyl (C=O) groups is 1. The fraction of sp³-hybridized carbons (Fsp3) is 0.538. The molecular weight excluding hydrogens is 232 g/mol. The van der Waals surface area contributed by atoms with Crippen LogP contribution in [0.15, 0.2) is 18.5 Å². The predicted molar refractivity (Wildman–Crippen MR) is 66.4 cm³/mol. The first-order valence-corrected chi connectivity index (χ1v) is 6.30. The van der Waals surface area contributed by atoms with E-state index in [1.807, 2.05) is 0 Å². The van der Waals surface area contributed by atoms with Crippen LogP contribution in [-0.2, 0) is 4.74 Å². The van der Waals surface area contributed by atoms with E-state index in [0.717, 1.165) is 12.8 Å². The molecule has 0 atom stereocenters. The minimum Gasteiger partial charge on any atom is -0.505 e. The van der Waals surface area contributed by atoms with E-state index in [9.17, 15) is 9.90 Å². The molecule has 1 fully saturated rings. The van der Waals surface area contributed by atoms with Crippen LogP contribution in [0.2, 0.25) is 0 Å². The van der Waals surface area contributed by atoms with Crippen molar-refractivity contribution in [3.8, 4) is 5.75 Å². The molecule has 2 N–H and O–H groups in total. The zero-order valence-corrected chi connectivity index (χ0v) is 10.3. The molecule has 0 aliphatic heterocycles. The summed E-state index contributed by atoms with van der Waals surface area (Å²) in [4.78, 5) is 15.4. The average molecular weight is 250 g/mol. The van der Waals surface area contributed by atoms with Crippen LogP contribution in [0.1, 0.15) is 36.0 Å². The third kappa shape index (κ3) is 3.43. The van der Waals surface area contributed by atoms with E-state index in [0.29, 0.717) is 19.3 Å². The van der Waals surface area contributed by atoms with E-state index in [2.05, 4.69) is 10.3 Å². The van der Waals surface area contributed by atoms with E-state index in [-0.39, 0.29) is 17.2 Å². The van der Waals surface area contributed by atoms with Gasteiger partial charge in [0.1, 0.15) is 5.75 Å².